The fourth-order valence-electron chi connectivity index (χ4n) is 1.33. The first-order chi connectivity index (χ1) is 6.24. The number of carbonyl (C=O) groups excluding carboxylic acids is 1. The van der Waals surface area contributed by atoms with Crippen LogP contribution in [0.15, 0.2) is 30.3 Å². The second-order valence-electron chi connectivity index (χ2n) is 3.17. The van der Waals surface area contributed by atoms with Crippen molar-refractivity contribution in [2.45, 2.75) is 19.3 Å². The first kappa shape index (κ1) is 9.90. The van der Waals surface area contributed by atoms with Crippen molar-refractivity contribution in [3.8, 4) is 0 Å². The highest BCUT2D eigenvalue weighted by Gasteiger charge is 2.12. The summed E-state index contributed by atoms with van der Waals surface area (Å²) in [4.78, 5) is 10.8. The van der Waals surface area contributed by atoms with Gasteiger partial charge in [0.1, 0.15) is 5.78 Å². The second kappa shape index (κ2) is 4.75. The van der Waals surface area contributed by atoms with E-state index in [4.69, 9.17) is 0 Å². The molecule has 0 aliphatic rings. The van der Waals surface area contributed by atoms with Gasteiger partial charge in [-0.2, -0.15) is 0 Å². The van der Waals surface area contributed by atoms with Gasteiger partial charge >= 0.3 is 0 Å². The molecule has 13 heavy (non-hydrogen) atoms. The van der Waals surface area contributed by atoms with Crippen LogP contribution in [0.5, 0.6) is 0 Å². The van der Waals surface area contributed by atoms with E-state index >= 15 is 0 Å². The molecule has 0 bridgehead atoms. The quantitative estimate of drug-likeness (QED) is 0.696. The van der Waals surface area contributed by atoms with Crippen LogP contribution in [-0.2, 0) is 4.79 Å². The Bertz CT molecular complexity index is 269. The highest BCUT2D eigenvalue weighted by atomic mass is 19.1. The number of alkyl halides is 1. The van der Waals surface area contributed by atoms with Crippen molar-refractivity contribution in [3.05, 3.63) is 35.9 Å². The van der Waals surface area contributed by atoms with Crippen molar-refractivity contribution in [1.82, 2.24) is 0 Å². The van der Waals surface area contributed by atoms with Crippen LogP contribution in [0.2, 0.25) is 0 Å². The fourth-order valence-corrected chi connectivity index (χ4v) is 1.33. The van der Waals surface area contributed by atoms with Crippen molar-refractivity contribution >= 4 is 5.78 Å². The van der Waals surface area contributed by atoms with E-state index in [0.29, 0.717) is 6.42 Å². The Kier molecular flexibility index (Phi) is 3.62. The number of rotatable bonds is 4. The zero-order valence-corrected chi connectivity index (χ0v) is 7.66. The number of benzene rings is 1. The van der Waals surface area contributed by atoms with Crippen molar-refractivity contribution < 1.29 is 9.18 Å². The summed E-state index contributed by atoms with van der Waals surface area (Å²) in [6.07, 6.45) is 0.292. The SMILES string of the molecule is CC(=O)C[C@@H](CF)c1ccccc1. The van der Waals surface area contributed by atoms with Gasteiger partial charge in [0.25, 0.3) is 0 Å². The Morgan fingerprint density at radius 1 is 1.38 bits per heavy atom. The topological polar surface area (TPSA) is 17.1 Å². The third-order valence-electron chi connectivity index (χ3n) is 1.99. The molecule has 0 saturated heterocycles. The van der Waals surface area contributed by atoms with Gasteiger partial charge in [0.15, 0.2) is 0 Å². The molecular formula is C11H13FO. The molecule has 0 amide bonds. The molecule has 0 unspecified atom stereocenters. The maximum Gasteiger partial charge on any atom is 0.130 e. The molecule has 1 aromatic carbocycles. The Labute approximate surface area is 77.6 Å². The number of carbonyl (C=O) groups is 1. The van der Waals surface area contributed by atoms with E-state index in [1.54, 1.807) is 0 Å². The van der Waals surface area contributed by atoms with E-state index in [1.165, 1.54) is 6.92 Å². The molecule has 1 rings (SSSR count). The normalized spacial score (nSPS) is 12.5. The Hall–Kier alpha value is -1.18. The van der Waals surface area contributed by atoms with Gasteiger partial charge in [-0.25, -0.2) is 0 Å². The van der Waals surface area contributed by atoms with Gasteiger partial charge in [-0.3, -0.25) is 4.39 Å². The average Bonchev–Trinajstić information content (AvgIpc) is 2.15. The van der Waals surface area contributed by atoms with E-state index in [-0.39, 0.29) is 11.7 Å². The average molecular weight is 180 g/mol. The molecule has 0 heterocycles. The second-order valence-corrected chi connectivity index (χ2v) is 3.17. The van der Waals surface area contributed by atoms with Crippen molar-refractivity contribution in [3.63, 3.8) is 0 Å². The molecule has 1 atom stereocenters. The summed E-state index contributed by atoms with van der Waals surface area (Å²) in [6, 6.07) is 9.31. The molecule has 0 radical (unpaired) electrons. The lowest BCUT2D eigenvalue weighted by atomic mass is 9.95. The van der Waals surface area contributed by atoms with Crippen LogP contribution >= 0.6 is 0 Å². The van der Waals surface area contributed by atoms with Crippen molar-refractivity contribution in [2.24, 2.45) is 0 Å². The first-order valence-corrected chi connectivity index (χ1v) is 4.34. The van der Waals surface area contributed by atoms with Gasteiger partial charge in [0.2, 0.25) is 0 Å². The standard InChI is InChI=1S/C11H13FO/c1-9(13)7-11(8-12)10-5-3-2-4-6-10/h2-6,11H,7-8H2,1H3/t11-/m0/s1. The summed E-state index contributed by atoms with van der Waals surface area (Å²) in [5, 5.41) is 0. The zero-order chi connectivity index (χ0) is 9.68. The minimum atomic E-state index is -0.469. The molecule has 0 N–H and O–H groups in total. The lowest BCUT2D eigenvalue weighted by Gasteiger charge is -2.10. The molecule has 70 valence electrons. The minimum Gasteiger partial charge on any atom is -0.300 e. The molecule has 0 aliphatic carbocycles. The van der Waals surface area contributed by atoms with Crippen LogP contribution in [0.25, 0.3) is 0 Å². The molecule has 2 heteroatoms. The van der Waals surface area contributed by atoms with Crippen molar-refractivity contribution in [1.29, 1.82) is 0 Å². The molecule has 1 nitrogen and oxygen atoms in total. The molecule has 0 spiro atoms. The summed E-state index contributed by atoms with van der Waals surface area (Å²) in [6.45, 7) is 1.02. The number of Topliss-reactive ketones (excluding diaryl/α,β-unsaturated/α-hetero) is 1. The van der Waals surface area contributed by atoms with Crippen LogP contribution in [0.3, 0.4) is 0 Å². The maximum absolute atomic E-state index is 12.6. The predicted molar refractivity (Wildman–Crippen MR) is 50.5 cm³/mol. The zero-order valence-electron chi connectivity index (χ0n) is 7.66. The summed E-state index contributed by atoms with van der Waals surface area (Å²) in [5.41, 5.74) is 0.903. The summed E-state index contributed by atoms with van der Waals surface area (Å²) < 4.78 is 12.6. The van der Waals surface area contributed by atoms with Gasteiger partial charge in [-0.15, -0.1) is 0 Å². The number of hydrogen-bond acceptors (Lipinski definition) is 1. The van der Waals surface area contributed by atoms with Gasteiger partial charge in [0.05, 0.1) is 6.67 Å². The molecule has 1 aromatic rings. The largest absolute Gasteiger partial charge is 0.300 e. The van der Waals surface area contributed by atoms with Gasteiger partial charge < -0.3 is 4.79 Å². The van der Waals surface area contributed by atoms with Crippen LogP contribution in [-0.4, -0.2) is 12.5 Å². The number of halogens is 1. The molecule has 0 aromatic heterocycles. The fraction of sp³-hybridized carbons (Fsp3) is 0.364. The van der Waals surface area contributed by atoms with Crippen LogP contribution in [0.4, 0.5) is 4.39 Å². The first-order valence-electron chi connectivity index (χ1n) is 4.34. The third kappa shape index (κ3) is 2.98. The minimum absolute atomic E-state index is 0.0338. The van der Waals surface area contributed by atoms with Crippen molar-refractivity contribution in [2.75, 3.05) is 6.67 Å². The lowest BCUT2D eigenvalue weighted by molar-refractivity contribution is -0.117. The third-order valence-corrected chi connectivity index (χ3v) is 1.99. The summed E-state index contributed by atoms with van der Waals surface area (Å²) in [5.74, 6) is -0.231. The molecule has 0 aliphatic heterocycles. The van der Waals surface area contributed by atoms with E-state index in [9.17, 15) is 9.18 Å². The van der Waals surface area contributed by atoms with Crippen LogP contribution < -0.4 is 0 Å². The smallest absolute Gasteiger partial charge is 0.130 e. The highest BCUT2D eigenvalue weighted by molar-refractivity contribution is 5.76. The molecule has 0 saturated carbocycles. The lowest BCUT2D eigenvalue weighted by Crippen LogP contribution is -2.05. The van der Waals surface area contributed by atoms with E-state index < -0.39 is 6.67 Å². The highest BCUT2D eigenvalue weighted by Crippen LogP contribution is 2.19. The van der Waals surface area contributed by atoms with Crippen LogP contribution in [0, 0.1) is 0 Å². The Balaban J connectivity index is 2.73. The maximum atomic E-state index is 12.6. The van der Waals surface area contributed by atoms with E-state index in [1.807, 2.05) is 30.3 Å². The Morgan fingerprint density at radius 3 is 2.46 bits per heavy atom. The van der Waals surface area contributed by atoms with E-state index in [2.05, 4.69) is 0 Å². The predicted octanol–water partition coefficient (Wildman–Crippen LogP) is 2.72. The Morgan fingerprint density at radius 2 is 2.00 bits per heavy atom. The molecular weight excluding hydrogens is 167 g/mol. The van der Waals surface area contributed by atoms with Gasteiger partial charge in [0, 0.05) is 12.3 Å². The van der Waals surface area contributed by atoms with Gasteiger partial charge in [-0.1, -0.05) is 30.3 Å². The molecule has 0 fully saturated rings. The summed E-state index contributed by atoms with van der Waals surface area (Å²) in [7, 11) is 0. The van der Waals surface area contributed by atoms with Crippen LogP contribution in [0.1, 0.15) is 24.8 Å². The number of ketones is 1. The van der Waals surface area contributed by atoms with E-state index in [0.717, 1.165) is 5.56 Å². The number of hydrogen-bond donors (Lipinski definition) is 0. The summed E-state index contributed by atoms with van der Waals surface area (Å²) >= 11 is 0. The monoisotopic (exact) mass is 180 g/mol. The van der Waals surface area contributed by atoms with Gasteiger partial charge in [-0.05, 0) is 12.5 Å².